The molecule has 0 atom stereocenters. The fourth-order valence-corrected chi connectivity index (χ4v) is 3.07. The summed E-state index contributed by atoms with van der Waals surface area (Å²) in [6.45, 7) is 3.94. The molecule has 0 N–H and O–H groups in total. The third-order valence-electron chi connectivity index (χ3n) is 4.32. The molecule has 0 spiro atoms. The minimum absolute atomic E-state index is 0.144. The number of ketones is 1. The molecule has 1 fully saturated rings. The Morgan fingerprint density at radius 3 is 2.55 bits per heavy atom. The summed E-state index contributed by atoms with van der Waals surface area (Å²) in [4.78, 5) is 19.0. The molecule has 5 heteroatoms. The first kappa shape index (κ1) is 15.3. The van der Waals surface area contributed by atoms with Crippen LogP contribution in [-0.2, 0) is 6.54 Å². The zero-order valence-corrected chi connectivity index (χ0v) is 13.2. The highest BCUT2D eigenvalue weighted by Gasteiger charge is 2.25. The largest absolute Gasteiger partial charge is 0.336 e. The van der Waals surface area contributed by atoms with Gasteiger partial charge >= 0.3 is 0 Å². The highest BCUT2D eigenvalue weighted by atomic mass is 35.5. The molecule has 4 nitrogen and oxygen atoms in total. The van der Waals surface area contributed by atoms with Crippen LogP contribution < -0.4 is 0 Å². The Kier molecular flexibility index (Phi) is 4.90. The summed E-state index contributed by atoms with van der Waals surface area (Å²) in [5, 5.41) is 0.672. The Morgan fingerprint density at radius 1 is 1.18 bits per heavy atom. The van der Waals surface area contributed by atoms with Crippen LogP contribution in [0.2, 0.25) is 5.02 Å². The Morgan fingerprint density at radius 2 is 1.91 bits per heavy atom. The highest BCUT2D eigenvalue weighted by molar-refractivity contribution is 6.30. The van der Waals surface area contributed by atoms with E-state index in [1.807, 2.05) is 24.7 Å². The van der Waals surface area contributed by atoms with E-state index in [1.54, 1.807) is 18.3 Å². The molecule has 1 saturated heterocycles. The van der Waals surface area contributed by atoms with Crippen molar-refractivity contribution in [2.75, 3.05) is 19.6 Å². The number of imidazole rings is 1. The fraction of sp³-hybridized carbons (Fsp3) is 0.412. The number of rotatable bonds is 5. The van der Waals surface area contributed by atoms with Gasteiger partial charge in [-0.2, -0.15) is 0 Å². The minimum Gasteiger partial charge on any atom is -0.336 e. The second kappa shape index (κ2) is 7.07. The lowest BCUT2D eigenvalue weighted by molar-refractivity contribution is 0.0837. The third-order valence-corrected chi connectivity index (χ3v) is 4.57. The number of benzene rings is 1. The number of likely N-dealkylation sites (tertiary alicyclic amines) is 1. The molecule has 1 aliphatic heterocycles. The Labute approximate surface area is 135 Å². The van der Waals surface area contributed by atoms with Gasteiger partial charge in [0.2, 0.25) is 0 Å². The minimum atomic E-state index is 0.144. The molecule has 0 amide bonds. The average molecular weight is 318 g/mol. The van der Waals surface area contributed by atoms with E-state index in [1.165, 1.54) is 0 Å². The number of hydrogen-bond donors (Lipinski definition) is 0. The number of hydrogen-bond acceptors (Lipinski definition) is 3. The molecule has 0 aliphatic carbocycles. The van der Waals surface area contributed by atoms with E-state index in [4.69, 9.17) is 11.6 Å². The van der Waals surface area contributed by atoms with Crippen LogP contribution in [-0.4, -0.2) is 39.9 Å². The lowest BCUT2D eigenvalue weighted by atomic mass is 9.89. The summed E-state index contributed by atoms with van der Waals surface area (Å²) in [6.07, 6.45) is 7.50. The van der Waals surface area contributed by atoms with Gasteiger partial charge in [0.25, 0.3) is 0 Å². The van der Waals surface area contributed by atoms with Gasteiger partial charge in [-0.3, -0.25) is 4.79 Å². The van der Waals surface area contributed by atoms with E-state index in [-0.39, 0.29) is 11.7 Å². The normalized spacial score (nSPS) is 16.8. The zero-order valence-electron chi connectivity index (χ0n) is 12.5. The number of nitrogens with zero attached hydrogens (tertiary/aromatic N) is 3. The molecule has 1 aromatic heterocycles. The first-order valence-electron chi connectivity index (χ1n) is 7.70. The highest BCUT2D eigenvalue weighted by Crippen LogP contribution is 2.22. The summed E-state index contributed by atoms with van der Waals surface area (Å²) < 4.78 is 2.09. The molecule has 2 aromatic rings. The monoisotopic (exact) mass is 317 g/mol. The van der Waals surface area contributed by atoms with Crippen molar-refractivity contribution in [2.24, 2.45) is 5.92 Å². The van der Waals surface area contributed by atoms with E-state index in [0.29, 0.717) is 5.02 Å². The van der Waals surface area contributed by atoms with Gasteiger partial charge in [-0.15, -0.1) is 0 Å². The van der Waals surface area contributed by atoms with Crippen LogP contribution in [0.15, 0.2) is 43.0 Å². The van der Waals surface area contributed by atoms with Crippen molar-refractivity contribution in [1.29, 1.82) is 0 Å². The van der Waals surface area contributed by atoms with Crippen LogP contribution >= 0.6 is 11.6 Å². The van der Waals surface area contributed by atoms with Gasteiger partial charge in [-0.05, 0) is 50.2 Å². The average Bonchev–Trinajstić information content (AvgIpc) is 3.07. The van der Waals surface area contributed by atoms with Crippen molar-refractivity contribution in [3.63, 3.8) is 0 Å². The summed E-state index contributed by atoms with van der Waals surface area (Å²) in [7, 11) is 0. The SMILES string of the molecule is O=C(c1ccc(Cl)cc1)C1CCN(CCn2ccnc2)CC1. The summed E-state index contributed by atoms with van der Waals surface area (Å²) >= 11 is 5.87. The molecule has 0 saturated carbocycles. The van der Waals surface area contributed by atoms with Crippen LogP contribution in [0, 0.1) is 5.92 Å². The smallest absolute Gasteiger partial charge is 0.166 e. The van der Waals surface area contributed by atoms with Gasteiger partial charge < -0.3 is 9.47 Å². The summed E-state index contributed by atoms with van der Waals surface area (Å²) in [5.74, 6) is 0.400. The predicted octanol–water partition coefficient (Wildman–Crippen LogP) is 3.13. The molecule has 2 heterocycles. The second-order valence-corrected chi connectivity index (χ2v) is 6.22. The molecular formula is C17H20ClN3O. The molecule has 116 valence electrons. The second-order valence-electron chi connectivity index (χ2n) is 5.79. The number of piperidine rings is 1. The maximum absolute atomic E-state index is 12.5. The molecule has 1 aliphatic rings. The van der Waals surface area contributed by atoms with Crippen molar-refractivity contribution < 1.29 is 4.79 Å². The molecule has 1 aromatic carbocycles. The molecule has 0 radical (unpaired) electrons. The van der Waals surface area contributed by atoms with Crippen LogP contribution in [0.25, 0.3) is 0 Å². The number of carbonyl (C=O) groups is 1. The quantitative estimate of drug-likeness (QED) is 0.795. The van der Waals surface area contributed by atoms with Crippen LogP contribution in [0.1, 0.15) is 23.2 Å². The van der Waals surface area contributed by atoms with Gasteiger partial charge in [0.1, 0.15) is 0 Å². The molecule has 0 unspecified atom stereocenters. The van der Waals surface area contributed by atoms with E-state index in [9.17, 15) is 4.79 Å². The van der Waals surface area contributed by atoms with Gasteiger partial charge in [0.05, 0.1) is 6.33 Å². The number of halogens is 1. The van der Waals surface area contributed by atoms with Crippen LogP contribution in [0.3, 0.4) is 0 Å². The lowest BCUT2D eigenvalue weighted by Crippen LogP contribution is -2.38. The first-order valence-corrected chi connectivity index (χ1v) is 8.08. The molecule has 3 rings (SSSR count). The summed E-state index contributed by atoms with van der Waals surface area (Å²) in [5.41, 5.74) is 0.779. The maximum Gasteiger partial charge on any atom is 0.166 e. The van der Waals surface area contributed by atoms with Gasteiger partial charge in [-0.1, -0.05) is 11.6 Å². The van der Waals surface area contributed by atoms with Crippen molar-refractivity contribution in [2.45, 2.75) is 19.4 Å². The number of carbonyl (C=O) groups excluding carboxylic acids is 1. The van der Waals surface area contributed by atoms with Crippen molar-refractivity contribution in [1.82, 2.24) is 14.5 Å². The number of Topliss-reactive ketones (excluding diaryl/α,β-unsaturated/α-hetero) is 1. The van der Waals surface area contributed by atoms with Crippen LogP contribution in [0.4, 0.5) is 0 Å². The zero-order chi connectivity index (χ0) is 15.4. The van der Waals surface area contributed by atoms with Gasteiger partial charge in [0.15, 0.2) is 5.78 Å². The summed E-state index contributed by atoms with van der Waals surface area (Å²) in [6, 6.07) is 7.23. The molecule has 22 heavy (non-hydrogen) atoms. The van der Waals surface area contributed by atoms with E-state index >= 15 is 0 Å². The standard InChI is InChI=1S/C17H20ClN3O/c18-16-3-1-14(2-4-16)17(22)15-5-8-20(9-6-15)11-12-21-10-7-19-13-21/h1-4,7,10,13,15H,5-6,8-9,11-12H2. The van der Waals surface area contributed by atoms with Gasteiger partial charge in [0, 0.05) is 42.0 Å². The van der Waals surface area contributed by atoms with Gasteiger partial charge in [-0.25, -0.2) is 4.98 Å². The Hall–Kier alpha value is -1.65. The molecule has 0 bridgehead atoms. The molecular weight excluding hydrogens is 298 g/mol. The van der Waals surface area contributed by atoms with Crippen molar-refractivity contribution in [3.05, 3.63) is 53.6 Å². The van der Waals surface area contributed by atoms with Crippen LogP contribution in [0.5, 0.6) is 0 Å². The topological polar surface area (TPSA) is 38.1 Å². The third kappa shape index (κ3) is 3.76. The van der Waals surface area contributed by atoms with E-state index < -0.39 is 0 Å². The maximum atomic E-state index is 12.5. The Bertz CT molecular complexity index is 601. The fourth-order valence-electron chi connectivity index (χ4n) is 2.94. The number of aromatic nitrogens is 2. The predicted molar refractivity (Wildman–Crippen MR) is 87.2 cm³/mol. The first-order chi connectivity index (χ1) is 10.7. The lowest BCUT2D eigenvalue weighted by Gasteiger charge is -2.31. The van der Waals surface area contributed by atoms with E-state index in [0.717, 1.165) is 44.6 Å². The van der Waals surface area contributed by atoms with E-state index in [2.05, 4.69) is 14.5 Å². The Balaban J connectivity index is 1.48. The van der Waals surface area contributed by atoms with Crippen molar-refractivity contribution >= 4 is 17.4 Å². The van der Waals surface area contributed by atoms with Crippen molar-refractivity contribution in [3.8, 4) is 0 Å².